The second-order valence-corrected chi connectivity index (χ2v) is 8.99. The molecule has 0 atom stereocenters. The van der Waals surface area contributed by atoms with Crippen molar-refractivity contribution < 1.29 is 27.9 Å². The number of carboxylic acid groups (broad SMARTS) is 1. The van der Waals surface area contributed by atoms with Crippen LogP contribution in [-0.4, -0.2) is 37.8 Å². The van der Waals surface area contributed by atoms with Crippen molar-refractivity contribution in [3.8, 4) is 0 Å². The highest BCUT2D eigenvalue weighted by Crippen LogP contribution is 2.15. The molecular formula is C21H32O6S. The van der Waals surface area contributed by atoms with Crippen LogP contribution in [0.3, 0.4) is 0 Å². The Bertz CT molecular complexity index is 711. The first-order valence-electron chi connectivity index (χ1n) is 10.1. The zero-order valence-electron chi connectivity index (χ0n) is 16.7. The van der Waals surface area contributed by atoms with Crippen molar-refractivity contribution >= 4 is 21.8 Å². The largest absolute Gasteiger partial charge is 0.480 e. The third-order valence-electron chi connectivity index (χ3n) is 4.47. The Hall–Kier alpha value is -1.89. The Labute approximate surface area is 168 Å². The lowest BCUT2D eigenvalue weighted by molar-refractivity contribution is -0.134. The van der Waals surface area contributed by atoms with E-state index in [1.165, 1.54) is 69.2 Å². The molecule has 0 aliphatic heterocycles. The van der Waals surface area contributed by atoms with Crippen LogP contribution in [0, 0.1) is 0 Å². The number of sulfone groups is 1. The molecule has 28 heavy (non-hydrogen) atoms. The molecular weight excluding hydrogens is 380 g/mol. The van der Waals surface area contributed by atoms with E-state index in [0.29, 0.717) is 6.61 Å². The van der Waals surface area contributed by atoms with Crippen LogP contribution >= 0.6 is 0 Å². The smallest absolute Gasteiger partial charge is 0.338 e. The normalized spacial score (nSPS) is 11.3. The van der Waals surface area contributed by atoms with Gasteiger partial charge in [-0.15, -0.1) is 0 Å². The number of hydrogen-bond acceptors (Lipinski definition) is 5. The van der Waals surface area contributed by atoms with Gasteiger partial charge in [0.15, 0.2) is 15.6 Å². The summed E-state index contributed by atoms with van der Waals surface area (Å²) in [6, 6.07) is 5.31. The lowest BCUT2D eigenvalue weighted by atomic mass is 10.1. The highest BCUT2D eigenvalue weighted by molar-refractivity contribution is 7.92. The molecule has 1 aromatic carbocycles. The fourth-order valence-electron chi connectivity index (χ4n) is 2.90. The standard InChI is InChI=1S/C21H32O6S/c1-2-3-4-5-6-7-8-9-10-11-15-27-21(24)18-13-12-14-19(16-18)28(25,26)17-20(22)23/h12-14,16H,2-11,15,17H2,1H3,(H,22,23). The minimum atomic E-state index is -3.97. The van der Waals surface area contributed by atoms with Crippen molar-refractivity contribution in [3.63, 3.8) is 0 Å². The van der Waals surface area contributed by atoms with Gasteiger partial charge in [0.1, 0.15) is 0 Å². The third-order valence-corrected chi connectivity index (χ3v) is 6.07. The molecule has 1 aromatic rings. The third kappa shape index (κ3) is 9.88. The molecule has 0 unspecified atom stereocenters. The lowest BCUT2D eigenvalue weighted by Gasteiger charge is -2.07. The number of benzene rings is 1. The zero-order valence-corrected chi connectivity index (χ0v) is 17.5. The van der Waals surface area contributed by atoms with Gasteiger partial charge in [0.05, 0.1) is 17.1 Å². The van der Waals surface area contributed by atoms with Crippen LogP contribution in [0.15, 0.2) is 29.2 Å². The molecule has 1 N–H and O–H groups in total. The van der Waals surface area contributed by atoms with Crippen LogP contribution in [0.1, 0.15) is 81.5 Å². The first-order chi connectivity index (χ1) is 13.4. The summed E-state index contributed by atoms with van der Waals surface area (Å²) in [5.41, 5.74) is 0.110. The zero-order chi connectivity index (χ0) is 20.8. The Morgan fingerprint density at radius 2 is 1.50 bits per heavy atom. The lowest BCUT2D eigenvalue weighted by Crippen LogP contribution is -2.16. The Balaban J connectivity index is 2.27. The number of esters is 1. The van der Waals surface area contributed by atoms with Gasteiger partial charge in [0.2, 0.25) is 0 Å². The number of carboxylic acids is 1. The summed E-state index contributed by atoms with van der Waals surface area (Å²) in [6.07, 6.45) is 11.8. The van der Waals surface area contributed by atoms with Crippen molar-refractivity contribution in [2.24, 2.45) is 0 Å². The average Bonchev–Trinajstić information content (AvgIpc) is 2.65. The van der Waals surface area contributed by atoms with Gasteiger partial charge in [-0.25, -0.2) is 13.2 Å². The first-order valence-corrected chi connectivity index (χ1v) is 11.7. The van der Waals surface area contributed by atoms with Gasteiger partial charge in [-0.2, -0.15) is 0 Å². The van der Waals surface area contributed by atoms with Gasteiger partial charge < -0.3 is 9.84 Å². The Morgan fingerprint density at radius 3 is 2.07 bits per heavy atom. The molecule has 0 spiro atoms. The monoisotopic (exact) mass is 412 g/mol. The topological polar surface area (TPSA) is 97.7 Å². The molecule has 0 bridgehead atoms. The molecule has 158 valence electrons. The summed E-state index contributed by atoms with van der Waals surface area (Å²) in [4.78, 5) is 22.5. The molecule has 6 nitrogen and oxygen atoms in total. The molecule has 0 saturated carbocycles. The van der Waals surface area contributed by atoms with Crippen molar-refractivity contribution in [1.29, 1.82) is 0 Å². The second kappa shape index (κ2) is 13.3. The minimum Gasteiger partial charge on any atom is -0.480 e. The molecule has 1 rings (SSSR count). The fourth-order valence-corrected chi connectivity index (χ4v) is 3.98. The number of hydrogen-bond donors (Lipinski definition) is 1. The Kier molecular flexibility index (Phi) is 11.5. The Morgan fingerprint density at radius 1 is 0.929 bits per heavy atom. The van der Waals surface area contributed by atoms with Crippen molar-refractivity contribution in [2.45, 2.75) is 76.0 Å². The fraction of sp³-hybridized carbons (Fsp3) is 0.619. The molecule has 0 heterocycles. The molecule has 0 aromatic heterocycles. The molecule has 0 aliphatic carbocycles. The molecule has 0 amide bonds. The molecule has 0 radical (unpaired) electrons. The number of ether oxygens (including phenoxy) is 1. The quantitative estimate of drug-likeness (QED) is 0.333. The van der Waals surface area contributed by atoms with E-state index in [2.05, 4.69) is 6.92 Å². The number of carbonyl (C=O) groups excluding carboxylic acids is 1. The van der Waals surface area contributed by atoms with Gasteiger partial charge >= 0.3 is 11.9 Å². The summed E-state index contributed by atoms with van der Waals surface area (Å²) >= 11 is 0. The van der Waals surface area contributed by atoms with Crippen LogP contribution in [-0.2, 0) is 19.4 Å². The highest BCUT2D eigenvalue weighted by Gasteiger charge is 2.20. The van der Waals surface area contributed by atoms with Crippen LogP contribution in [0.5, 0.6) is 0 Å². The van der Waals surface area contributed by atoms with E-state index in [1.54, 1.807) is 0 Å². The summed E-state index contributed by atoms with van der Waals surface area (Å²) < 4.78 is 29.1. The predicted octanol–water partition coefficient (Wildman–Crippen LogP) is 4.62. The van der Waals surface area contributed by atoms with Crippen molar-refractivity contribution in [3.05, 3.63) is 29.8 Å². The predicted molar refractivity (Wildman–Crippen MR) is 108 cm³/mol. The van der Waals surface area contributed by atoms with E-state index in [1.807, 2.05) is 0 Å². The SMILES string of the molecule is CCCCCCCCCCCCOC(=O)c1cccc(S(=O)(=O)CC(=O)O)c1. The van der Waals surface area contributed by atoms with Crippen molar-refractivity contribution in [1.82, 2.24) is 0 Å². The van der Waals surface area contributed by atoms with Gasteiger partial charge in [-0.1, -0.05) is 70.8 Å². The first kappa shape index (κ1) is 24.1. The van der Waals surface area contributed by atoms with Crippen LogP contribution in [0.25, 0.3) is 0 Å². The number of unbranched alkanes of at least 4 members (excludes halogenated alkanes) is 9. The maximum Gasteiger partial charge on any atom is 0.338 e. The van der Waals surface area contributed by atoms with Gasteiger partial charge in [0.25, 0.3) is 0 Å². The van der Waals surface area contributed by atoms with E-state index in [-0.39, 0.29) is 10.5 Å². The van der Waals surface area contributed by atoms with Crippen LogP contribution in [0.4, 0.5) is 0 Å². The second-order valence-electron chi connectivity index (χ2n) is 7.00. The number of rotatable bonds is 15. The van der Waals surface area contributed by atoms with Gasteiger partial charge in [-0.3, -0.25) is 4.79 Å². The van der Waals surface area contributed by atoms with Crippen LogP contribution in [0.2, 0.25) is 0 Å². The number of carbonyl (C=O) groups is 2. The average molecular weight is 413 g/mol. The summed E-state index contributed by atoms with van der Waals surface area (Å²) in [5.74, 6) is -3.04. The molecule has 0 fully saturated rings. The highest BCUT2D eigenvalue weighted by atomic mass is 32.2. The van der Waals surface area contributed by atoms with E-state index in [0.717, 1.165) is 19.3 Å². The molecule has 0 aliphatic rings. The maximum absolute atomic E-state index is 12.1. The van der Waals surface area contributed by atoms with Crippen LogP contribution < -0.4 is 0 Å². The molecule has 0 saturated heterocycles. The van der Waals surface area contributed by atoms with E-state index < -0.39 is 27.5 Å². The van der Waals surface area contributed by atoms with E-state index in [9.17, 15) is 18.0 Å². The van der Waals surface area contributed by atoms with E-state index >= 15 is 0 Å². The summed E-state index contributed by atoms with van der Waals surface area (Å²) in [7, 11) is -3.97. The minimum absolute atomic E-state index is 0.110. The molecule has 7 heteroatoms. The van der Waals surface area contributed by atoms with Gasteiger partial charge in [0, 0.05) is 0 Å². The summed E-state index contributed by atoms with van der Waals surface area (Å²) in [6.45, 7) is 2.51. The number of aliphatic carboxylic acids is 1. The summed E-state index contributed by atoms with van der Waals surface area (Å²) in [5, 5.41) is 8.69. The van der Waals surface area contributed by atoms with Crippen molar-refractivity contribution in [2.75, 3.05) is 12.4 Å². The van der Waals surface area contributed by atoms with Gasteiger partial charge in [-0.05, 0) is 24.6 Å². The van der Waals surface area contributed by atoms with E-state index in [4.69, 9.17) is 9.84 Å². The maximum atomic E-state index is 12.1.